The molecule has 0 spiro atoms. The summed E-state index contributed by atoms with van der Waals surface area (Å²) in [6.45, 7) is 18.3. The van der Waals surface area contributed by atoms with Crippen molar-refractivity contribution in [2.45, 2.75) is 74.1 Å². The highest BCUT2D eigenvalue weighted by atomic mass is 15.0. The highest BCUT2D eigenvalue weighted by Crippen LogP contribution is 2.17. The fraction of sp³-hybridized carbons (Fsp3) is 0.611. The fourth-order valence-electron chi connectivity index (χ4n) is 2.26. The summed E-state index contributed by atoms with van der Waals surface area (Å²) in [4.78, 5) is 21.2. The molecule has 2 aromatic rings. The van der Waals surface area contributed by atoms with Gasteiger partial charge in [0.15, 0.2) is 0 Å². The summed E-state index contributed by atoms with van der Waals surface area (Å²) >= 11 is 0. The molecule has 0 saturated heterocycles. The van der Waals surface area contributed by atoms with Gasteiger partial charge in [0.25, 0.3) is 0 Å². The van der Waals surface area contributed by atoms with Gasteiger partial charge in [-0.25, -0.2) is 24.9 Å². The lowest BCUT2D eigenvalue weighted by Crippen LogP contribution is -2.03. The largest absolute Gasteiger partial charge is 0.238 e. The Hall–Kier alpha value is -1.91. The average Bonchev–Trinajstić information content (AvgIpc) is 2.42. The molecule has 0 aliphatic heterocycles. The zero-order chi connectivity index (χ0) is 17.7. The molecule has 126 valence electrons. The van der Waals surface area contributed by atoms with Crippen LogP contribution >= 0.6 is 0 Å². The number of aryl methyl sites for hydroxylation is 4. The first-order valence-corrected chi connectivity index (χ1v) is 8.12. The quantitative estimate of drug-likeness (QED) is 0.833. The highest BCUT2D eigenvalue weighted by Gasteiger charge is 2.08. The summed E-state index contributed by atoms with van der Waals surface area (Å²) in [5.74, 6) is 4.25. The van der Waals surface area contributed by atoms with E-state index in [4.69, 9.17) is 0 Å². The molecule has 0 radical (unpaired) electrons. The maximum Gasteiger partial charge on any atom is 0.135 e. The van der Waals surface area contributed by atoms with Crippen molar-refractivity contribution in [1.29, 1.82) is 0 Å². The van der Waals surface area contributed by atoms with Crippen molar-refractivity contribution < 1.29 is 0 Å². The zero-order valence-corrected chi connectivity index (χ0v) is 15.9. The smallest absolute Gasteiger partial charge is 0.135 e. The van der Waals surface area contributed by atoms with Gasteiger partial charge in [-0.2, -0.15) is 0 Å². The minimum absolute atomic E-state index is 0.385. The summed E-state index contributed by atoms with van der Waals surface area (Å²) < 4.78 is 0. The van der Waals surface area contributed by atoms with E-state index in [1.54, 1.807) is 0 Å². The molecule has 0 N–H and O–H groups in total. The van der Waals surface area contributed by atoms with Crippen LogP contribution in [0.5, 0.6) is 0 Å². The molecule has 0 amide bonds. The summed E-state index contributed by atoms with van der Waals surface area (Å²) in [7, 11) is 0. The molecular formula is C18H29N5. The molecule has 5 nitrogen and oxygen atoms in total. The van der Waals surface area contributed by atoms with Gasteiger partial charge in [0.2, 0.25) is 0 Å². The second-order valence-corrected chi connectivity index (χ2v) is 6.46. The third-order valence-corrected chi connectivity index (χ3v) is 3.48. The number of hydrogen-bond acceptors (Lipinski definition) is 5. The van der Waals surface area contributed by atoms with E-state index in [2.05, 4.69) is 59.5 Å². The number of aromatic nitrogens is 5. The SMILES string of the molecule is Cc1nc(C)c(C)c(C(C)C)n1.Cc1nc(C)nc(C(C)C)n1. The van der Waals surface area contributed by atoms with Crippen LogP contribution in [0.25, 0.3) is 0 Å². The van der Waals surface area contributed by atoms with Crippen LogP contribution in [-0.2, 0) is 0 Å². The monoisotopic (exact) mass is 315 g/mol. The summed E-state index contributed by atoms with van der Waals surface area (Å²) in [6.07, 6.45) is 0. The number of rotatable bonds is 2. The Morgan fingerprint density at radius 3 is 1.48 bits per heavy atom. The van der Waals surface area contributed by atoms with E-state index in [-0.39, 0.29) is 0 Å². The van der Waals surface area contributed by atoms with Crippen molar-refractivity contribution in [2.24, 2.45) is 0 Å². The van der Waals surface area contributed by atoms with E-state index in [9.17, 15) is 0 Å². The summed E-state index contributed by atoms with van der Waals surface area (Å²) in [5.41, 5.74) is 3.52. The lowest BCUT2D eigenvalue weighted by Gasteiger charge is -2.10. The van der Waals surface area contributed by atoms with Gasteiger partial charge in [0, 0.05) is 17.3 Å². The van der Waals surface area contributed by atoms with Gasteiger partial charge in [0.1, 0.15) is 23.3 Å². The molecule has 0 atom stereocenters. The third-order valence-electron chi connectivity index (χ3n) is 3.48. The van der Waals surface area contributed by atoms with Gasteiger partial charge in [-0.3, -0.25) is 0 Å². The van der Waals surface area contributed by atoms with Crippen molar-refractivity contribution in [3.8, 4) is 0 Å². The first kappa shape index (κ1) is 19.1. The maximum absolute atomic E-state index is 4.42. The molecular weight excluding hydrogens is 286 g/mol. The molecule has 0 fully saturated rings. The average molecular weight is 315 g/mol. The van der Waals surface area contributed by atoms with E-state index >= 15 is 0 Å². The predicted molar refractivity (Wildman–Crippen MR) is 93.7 cm³/mol. The molecule has 0 saturated carbocycles. The van der Waals surface area contributed by atoms with Crippen LogP contribution < -0.4 is 0 Å². The van der Waals surface area contributed by atoms with Crippen LogP contribution in [0.1, 0.15) is 79.8 Å². The standard InChI is InChI=1S/C10H16N2.C8H13N3/c1-6(2)10-7(3)8(4)11-9(5)12-10;1-5(2)8-10-6(3)9-7(4)11-8/h6H,1-5H3;5H,1-4H3. The van der Waals surface area contributed by atoms with Crippen LogP contribution in [0, 0.1) is 34.6 Å². The predicted octanol–water partition coefficient (Wildman–Crippen LogP) is 4.14. The van der Waals surface area contributed by atoms with Gasteiger partial charge in [0.05, 0.1) is 0 Å². The highest BCUT2D eigenvalue weighted by molar-refractivity contribution is 5.25. The topological polar surface area (TPSA) is 64.5 Å². The minimum Gasteiger partial charge on any atom is -0.238 e. The van der Waals surface area contributed by atoms with Gasteiger partial charge in [-0.05, 0) is 46.1 Å². The van der Waals surface area contributed by atoms with Crippen molar-refractivity contribution >= 4 is 0 Å². The van der Waals surface area contributed by atoms with Crippen molar-refractivity contribution in [1.82, 2.24) is 24.9 Å². The molecule has 0 aliphatic carbocycles. The van der Waals surface area contributed by atoms with E-state index in [0.717, 1.165) is 29.0 Å². The van der Waals surface area contributed by atoms with Crippen LogP contribution in [-0.4, -0.2) is 24.9 Å². The lowest BCUT2D eigenvalue weighted by molar-refractivity contribution is 0.732. The second-order valence-electron chi connectivity index (χ2n) is 6.46. The normalized spacial score (nSPS) is 10.7. The number of nitrogens with zero attached hydrogens (tertiary/aromatic N) is 5. The molecule has 2 aromatic heterocycles. The van der Waals surface area contributed by atoms with E-state index < -0.39 is 0 Å². The molecule has 0 unspecified atom stereocenters. The Labute approximate surface area is 140 Å². The Morgan fingerprint density at radius 2 is 1.04 bits per heavy atom. The molecule has 0 bridgehead atoms. The van der Waals surface area contributed by atoms with Crippen LogP contribution in [0.4, 0.5) is 0 Å². The molecule has 0 aromatic carbocycles. The molecule has 0 aliphatic rings. The molecule has 5 heteroatoms. The van der Waals surface area contributed by atoms with Gasteiger partial charge >= 0.3 is 0 Å². The van der Waals surface area contributed by atoms with Crippen molar-refractivity contribution in [3.05, 3.63) is 40.2 Å². The first-order valence-electron chi connectivity index (χ1n) is 8.12. The lowest BCUT2D eigenvalue weighted by atomic mass is 10.0. The zero-order valence-electron chi connectivity index (χ0n) is 15.9. The molecule has 2 rings (SSSR count). The van der Waals surface area contributed by atoms with Crippen LogP contribution in [0.15, 0.2) is 0 Å². The Morgan fingerprint density at radius 1 is 0.565 bits per heavy atom. The van der Waals surface area contributed by atoms with Crippen LogP contribution in [0.2, 0.25) is 0 Å². The van der Waals surface area contributed by atoms with Crippen molar-refractivity contribution in [2.75, 3.05) is 0 Å². The minimum atomic E-state index is 0.385. The van der Waals surface area contributed by atoms with Gasteiger partial charge in [-0.1, -0.05) is 27.7 Å². The van der Waals surface area contributed by atoms with Crippen LogP contribution in [0.3, 0.4) is 0 Å². The van der Waals surface area contributed by atoms with Crippen molar-refractivity contribution in [3.63, 3.8) is 0 Å². The number of hydrogen-bond donors (Lipinski definition) is 0. The van der Waals surface area contributed by atoms with E-state index in [0.29, 0.717) is 11.8 Å². The van der Waals surface area contributed by atoms with E-state index in [1.165, 1.54) is 11.3 Å². The second kappa shape index (κ2) is 8.09. The third kappa shape index (κ3) is 5.66. The van der Waals surface area contributed by atoms with Gasteiger partial charge < -0.3 is 0 Å². The Balaban J connectivity index is 0.000000231. The summed E-state index contributed by atoms with van der Waals surface area (Å²) in [6, 6.07) is 0. The Kier molecular flexibility index (Phi) is 6.73. The Bertz CT molecular complexity index is 642. The fourth-order valence-corrected chi connectivity index (χ4v) is 2.26. The maximum atomic E-state index is 4.42. The molecule has 23 heavy (non-hydrogen) atoms. The summed E-state index contributed by atoms with van der Waals surface area (Å²) in [5, 5.41) is 0. The van der Waals surface area contributed by atoms with Gasteiger partial charge in [-0.15, -0.1) is 0 Å². The molecule has 2 heterocycles. The van der Waals surface area contributed by atoms with E-state index in [1.807, 2.05) is 27.7 Å². The first-order chi connectivity index (χ1) is 10.6.